The summed E-state index contributed by atoms with van der Waals surface area (Å²) in [7, 11) is 0. The molecule has 0 saturated carbocycles. The number of carbonyl (C=O) groups is 2. The van der Waals surface area contributed by atoms with Crippen molar-refractivity contribution < 1.29 is 23.8 Å². The molecular weight excluding hydrogens is 337 g/mol. The van der Waals surface area contributed by atoms with Gasteiger partial charge in [-0.3, -0.25) is 4.79 Å². The number of carboxylic acid groups (broad SMARTS) is 1. The molecule has 2 aromatic rings. The quantitative estimate of drug-likeness (QED) is 0.720. The van der Waals surface area contributed by atoms with Crippen LogP contribution in [0.1, 0.15) is 31.2 Å². The summed E-state index contributed by atoms with van der Waals surface area (Å²) < 4.78 is 18.2. The van der Waals surface area contributed by atoms with E-state index in [-0.39, 0.29) is 24.1 Å². The molecular formula is C20H22FNO4. The summed E-state index contributed by atoms with van der Waals surface area (Å²) in [5, 5.41) is 11.8. The van der Waals surface area contributed by atoms with Crippen LogP contribution >= 0.6 is 0 Å². The van der Waals surface area contributed by atoms with Crippen molar-refractivity contribution in [2.45, 2.75) is 31.8 Å². The second-order valence-corrected chi connectivity index (χ2v) is 6.05. The molecule has 0 heterocycles. The van der Waals surface area contributed by atoms with Crippen LogP contribution in [0.3, 0.4) is 0 Å². The van der Waals surface area contributed by atoms with Gasteiger partial charge in [-0.25, -0.2) is 9.18 Å². The average molecular weight is 359 g/mol. The minimum Gasteiger partial charge on any atom is -0.478 e. The molecule has 2 atom stereocenters. The number of ether oxygens (including phenoxy) is 1. The summed E-state index contributed by atoms with van der Waals surface area (Å²) in [6.45, 7) is 1.88. The summed E-state index contributed by atoms with van der Waals surface area (Å²) in [4.78, 5) is 23.3. The minimum absolute atomic E-state index is 0.161. The number of nitrogens with one attached hydrogen (secondary N) is 1. The van der Waals surface area contributed by atoms with E-state index in [4.69, 9.17) is 4.74 Å². The number of amides is 1. The monoisotopic (exact) mass is 359 g/mol. The number of carboxylic acids is 1. The van der Waals surface area contributed by atoms with Gasteiger partial charge in [0.05, 0.1) is 6.54 Å². The van der Waals surface area contributed by atoms with E-state index in [0.717, 1.165) is 5.56 Å². The smallest absolute Gasteiger partial charge is 0.346 e. The van der Waals surface area contributed by atoms with Gasteiger partial charge in [0, 0.05) is 6.42 Å². The highest BCUT2D eigenvalue weighted by Crippen LogP contribution is 2.20. The first-order valence-corrected chi connectivity index (χ1v) is 8.42. The molecule has 0 aliphatic heterocycles. The van der Waals surface area contributed by atoms with Crippen LogP contribution in [0.4, 0.5) is 4.39 Å². The van der Waals surface area contributed by atoms with Crippen LogP contribution in [0.25, 0.3) is 0 Å². The van der Waals surface area contributed by atoms with Crippen molar-refractivity contribution in [2.24, 2.45) is 0 Å². The van der Waals surface area contributed by atoms with Crippen LogP contribution in [-0.4, -0.2) is 29.6 Å². The van der Waals surface area contributed by atoms with E-state index in [9.17, 15) is 19.1 Å². The van der Waals surface area contributed by atoms with Gasteiger partial charge in [0.25, 0.3) is 0 Å². The van der Waals surface area contributed by atoms with Crippen LogP contribution in [0, 0.1) is 5.82 Å². The highest BCUT2D eigenvalue weighted by atomic mass is 19.1. The van der Waals surface area contributed by atoms with Crippen molar-refractivity contribution in [2.75, 3.05) is 6.54 Å². The van der Waals surface area contributed by atoms with Crippen LogP contribution in [0.5, 0.6) is 5.75 Å². The SMILES string of the molecule is CC(CCC(=O)NCC(Oc1ccc(F)cc1)C(=O)O)c1ccccc1. The summed E-state index contributed by atoms with van der Waals surface area (Å²) >= 11 is 0. The topological polar surface area (TPSA) is 75.6 Å². The molecule has 26 heavy (non-hydrogen) atoms. The Morgan fingerprint density at radius 2 is 1.77 bits per heavy atom. The van der Waals surface area contributed by atoms with Crippen LogP contribution < -0.4 is 10.1 Å². The van der Waals surface area contributed by atoms with Gasteiger partial charge in [0.2, 0.25) is 12.0 Å². The maximum Gasteiger partial charge on any atom is 0.346 e. The Morgan fingerprint density at radius 1 is 1.12 bits per heavy atom. The van der Waals surface area contributed by atoms with E-state index in [1.807, 2.05) is 37.3 Å². The Hall–Kier alpha value is -2.89. The third kappa shape index (κ3) is 6.20. The number of hydrogen-bond acceptors (Lipinski definition) is 3. The Bertz CT molecular complexity index is 718. The van der Waals surface area contributed by atoms with E-state index >= 15 is 0 Å². The summed E-state index contributed by atoms with van der Waals surface area (Å²) in [5.74, 6) is -1.42. The largest absolute Gasteiger partial charge is 0.478 e. The third-order valence-electron chi connectivity index (χ3n) is 4.03. The Labute approximate surface area is 151 Å². The molecule has 0 spiro atoms. The fourth-order valence-electron chi connectivity index (χ4n) is 2.45. The third-order valence-corrected chi connectivity index (χ3v) is 4.03. The van der Waals surface area contributed by atoms with Gasteiger partial charge in [-0.2, -0.15) is 0 Å². The molecule has 5 nitrogen and oxygen atoms in total. The Balaban J connectivity index is 1.79. The highest BCUT2D eigenvalue weighted by molar-refractivity contribution is 5.78. The predicted octanol–water partition coefficient (Wildman–Crippen LogP) is 3.36. The molecule has 1 amide bonds. The number of hydrogen-bond donors (Lipinski definition) is 2. The van der Waals surface area contributed by atoms with E-state index in [1.54, 1.807) is 0 Å². The first kappa shape index (κ1) is 19.4. The first-order valence-electron chi connectivity index (χ1n) is 8.42. The minimum atomic E-state index is -1.24. The molecule has 138 valence electrons. The first-order chi connectivity index (χ1) is 12.5. The van der Waals surface area contributed by atoms with Crippen molar-refractivity contribution in [3.63, 3.8) is 0 Å². The van der Waals surface area contributed by atoms with Crippen LogP contribution in [0.15, 0.2) is 54.6 Å². The zero-order valence-corrected chi connectivity index (χ0v) is 14.5. The molecule has 2 rings (SSSR count). The fraction of sp³-hybridized carbons (Fsp3) is 0.300. The van der Waals surface area contributed by atoms with E-state index in [0.29, 0.717) is 12.8 Å². The number of rotatable bonds is 9. The fourth-order valence-corrected chi connectivity index (χ4v) is 2.45. The van der Waals surface area contributed by atoms with Gasteiger partial charge >= 0.3 is 5.97 Å². The molecule has 0 bridgehead atoms. The van der Waals surface area contributed by atoms with Gasteiger partial charge < -0.3 is 15.2 Å². The van der Waals surface area contributed by atoms with Gasteiger partial charge in [-0.1, -0.05) is 37.3 Å². The lowest BCUT2D eigenvalue weighted by Crippen LogP contribution is -2.40. The molecule has 2 aromatic carbocycles. The zero-order chi connectivity index (χ0) is 18.9. The zero-order valence-electron chi connectivity index (χ0n) is 14.5. The molecule has 0 saturated heterocycles. The molecule has 0 aliphatic rings. The Morgan fingerprint density at radius 3 is 2.38 bits per heavy atom. The molecule has 0 fully saturated rings. The number of aliphatic carboxylic acids is 1. The number of benzene rings is 2. The summed E-state index contributed by atoms with van der Waals surface area (Å²) in [5.41, 5.74) is 1.16. The van der Waals surface area contributed by atoms with Crippen molar-refractivity contribution >= 4 is 11.9 Å². The van der Waals surface area contributed by atoms with Gasteiger partial charge in [0.15, 0.2) is 0 Å². The van der Waals surface area contributed by atoms with Gasteiger partial charge in [-0.05, 0) is 42.2 Å². The highest BCUT2D eigenvalue weighted by Gasteiger charge is 2.20. The van der Waals surface area contributed by atoms with Crippen molar-refractivity contribution in [1.82, 2.24) is 5.32 Å². The average Bonchev–Trinajstić information content (AvgIpc) is 2.65. The maximum absolute atomic E-state index is 12.9. The van der Waals surface area contributed by atoms with E-state index in [1.165, 1.54) is 24.3 Å². The normalized spacial score (nSPS) is 12.8. The lowest BCUT2D eigenvalue weighted by molar-refractivity contribution is -0.145. The molecule has 6 heteroatoms. The van der Waals surface area contributed by atoms with E-state index in [2.05, 4.69) is 5.32 Å². The second-order valence-electron chi connectivity index (χ2n) is 6.05. The van der Waals surface area contributed by atoms with Gasteiger partial charge in [-0.15, -0.1) is 0 Å². The van der Waals surface area contributed by atoms with Gasteiger partial charge in [0.1, 0.15) is 11.6 Å². The van der Waals surface area contributed by atoms with E-state index < -0.39 is 17.9 Å². The summed E-state index contributed by atoms with van der Waals surface area (Å²) in [6.07, 6.45) is -0.290. The molecule has 0 aromatic heterocycles. The van der Waals surface area contributed by atoms with Crippen molar-refractivity contribution in [3.8, 4) is 5.75 Å². The molecule has 2 unspecified atom stereocenters. The summed E-state index contributed by atoms with van der Waals surface area (Å²) in [6, 6.07) is 14.9. The predicted molar refractivity (Wildman–Crippen MR) is 95.6 cm³/mol. The number of carbonyl (C=O) groups excluding carboxylic acids is 1. The second kappa shape index (κ2) is 9.56. The number of halogens is 1. The molecule has 0 aliphatic carbocycles. The molecule has 0 radical (unpaired) electrons. The van der Waals surface area contributed by atoms with Crippen LogP contribution in [-0.2, 0) is 9.59 Å². The lowest BCUT2D eigenvalue weighted by atomic mass is 9.96. The molecule has 2 N–H and O–H groups in total. The standard InChI is InChI=1S/C20H22FNO4/c1-14(15-5-3-2-4-6-15)7-12-19(23)22-13-18(20(24)25)26-17-10-8-16(21)9-11-17/h2-6,8-11,14,18H,7,12-13H2,1H3,(H,22,23)(H,24,25). The van der Waals surface area contributed by atoms with Crippen molar-refractivity contribution in [1.29, 1.82) is 0 Å². The Kier molecular flexibility index (Phi) is 7.14. The van der Waals surface area contributed by atoms with Crippen molar-refractivity contribution in [3.05, 3.63) is 66.0 Å². The van der Waals surface area contributed by atoms with Crippen LogP contribution in [0.2, 0.25) is 0 Å². The lowest BCUT2D eigenvalue weighted by Gasteiger charge is -2.16. The maximum atomic E-state index is 12.9.